The van der Waals surface area contributed by atoms with Crippen LogP contribution >= 0.6 is 0 Å². The van der Waals surface area contributed by atoms with Crippen LogP contribution in [-0.2, 0) is 4.79 Å². The molecular weight excluding hydrogens is 342 g/mol. The first-order valence-electron chi connectivity index (χ1n) is 9.50. The van der Waals surface area contributed by atoms with Gasteiger partial charge in [0, 0.05) is 17.8 Å². The average molecular weight is 361 g/mol. The van der Waals surface area contributed by atoms with Crippen LogP contribution in [0.2, 0.25) is 0 Å². The van der Waals surface area contributed by atoms with Crippen molar-refractivity contribution in [3.8, 4) is 11.6 Å². The van der Waals surface area contributed by atoms with Crippen molar-refractivity contribution in [3.63, 3.8) is 0 Å². The summed E-state index contributed by atoms with van der Waals surface area (Å²) >= 11 is 0. The molecule has 0 spiro atoms. The molecule has 27 heavy (non-hydrogen) atoms. The quantitative estimate of drug-likeness (QED) is 0.763. The van der Waals surface area contributed by atoms with Gasteiger partial charge in [-0.15, -0.1) is 0 Å². The van der Waals surface area contributed by atoms with Crippen molar-refractivity contribution in [2.24, 2.45) is 5.92 Å². The van der Waals surface area contributed by atoms with E-state index in [0.29, 0.717) is 17.9 Å². The third-order valence-electron chi connectivity index (χ3n) is 6.27. The molecule has 6 nitrogen and oxygen atoms in total. The van der Waals surface area contributed by atoms with Crippen LogP contribution < -0.4 is 5.69 Å². The van der Waals surface area contributed by atoms with E-state index in [1.165, 1.54) is 4.57 Å². The normalized spacial score (nSPS) is 23.2. The Morgan fingerprint density at radius 1 is 1.07 bits per heavy atom. The molecule has 3 aromatic rings. The van der Waals surface area contributed by atoms with Crippen molar-refractivity contribution in [3.05, 3.63) is 58.6 Å². The Morgan fingerprint density at radius 3 is 2.67 bits per heavy atom. The summed E-state index contributed by atoms with van der Waals surface area (Å²) in [6.07, 6.45) is 2.65. The second-order valence-corrected chi connectivity index (χ2v) is 7.87. The summed E-state index contributed by atoms with van der Waals surface area (Å²) in [7, 11) is 0. The highest BCUT2D eigenvalue weighted by molar-refractivity contribution is 5.90. The smallest absolute Gasteiger partial charge is 0.336 e. The topological polar surface area (TPSA) is 67.5 Å². The maximum atomic E-state index is 13.2. The molecule has 1 saturated heterocycles. The van der Waals surface area contributed by atoms with Crippen LogP contribution in [-0.4, -0.2) is 31.6 Å². The Hall–Kier alpha value is -3.02. The van der Waals surface area contributed by atoms with Crippen LogP contribution in [0.25, 0.3) is 16.5 Å². The molecule has 1 saturated carbocycles. The van der Waals surface area contributed by atoms with Crippen molar-refractivity contribution < 1.29 is 9.90 Å². The molecule has 1 amide bonds. The summed E-state index contributed by atoms with van der Waals surface area (Å²) in [5.41, 5.74) is 1.06. The number of hydrogen-bond donors (Lipinski definition) is 1. The van der Waals surface area contributed by atoms with Gasteiger partial charge in [0.25, 0.3) is 0 Å². The minimum Gasteiger partial charge on any atom is -0.493 e. The summed E-state index contributed by atoms with van der Waals surface area (Å²) < 4.78 is 3.11. The third kappa shape index (κ3) is 1.90. The van der Waals surface area contributed by atoms with Gasteiger partial charge in [-0.3, -0.25) is 9.36 Å². The monoisotopic (exact) mass is 361 g/mol. The van der Waals surface area contributed by atoms with Crippen LogP contribution in [0.1, 0.15) is 37.0 Å². The summed E-state index contributed by atoms with van der Waals surface area (Å²) in [6, 6.07) is 13.3. The van der Waals surface area contributed by atoms with Crippen molar-refractivity contribution in [1.29, 1.82) is 0 Å². The van der Waals surface area contributed by atoms with Gasteiger partial charge in [0.2, 0.25) is 11.8 Å². The highest BCUT2D eigenvalue weighted by Gasteiger charge is 2.51. The second-order valence-electron chi connectivity index (χ2n) is 7.87. The Labute approximate surface area is 155 Å². The number of rotatable bonds is 2. The average Bonchev–Trinajstić information content (AvgIpc) is 3.28. The number of carbonyl (C=O) groups excluding carboxylic acids is 1. The zero-order chi connectivity index (χ0) is 18.3. The van der Waals surface area contributed by atoms with E-state index in [0.717, 1.165) is 30.0 Å². The van der Waals surface area contributed by atoms with E-state index in [9.17, 15) is 14.7 Å². The summed E-state index contributed by atoms with van der Waals surface area (Å²) in [5, 5.41) is 13.0. The van der Waals surface area contributed by atoms with Crippen LogP contribution in [0.3, 0.4) is 0 Å². The molecular formula is C21H19N3O3. The molecule has 1 aromatic heterocycles. The number of carbonyl (C=O) groups is 1. The van der Waals surface area contributed by atoms with Crippen LogP contribution in [0.5, 0.6) is 5.88 Å². The van der Waals surface area contributed by atoms with Crippen LogP contribution in [0.15, 0.2) is 47.3 Å². The second kappa shape index (κ2) is 5.03. The van der Waals surface area contributed by atoms with Gasteiger partial charge >= 0.3 is 5.69 Å². The molecule has 1 unspecified atom stereocenters. The first-order valence-corrected chi connectivity index (χ1v) is 9.50. The maximum Gasteiger partial charge on any atom is 0.336 e. The minimum atomic E-state index is -0.218. The summed E-state index contributed by atoms with van der Waals surface area (Å²) in [5.74, 6) is 0.294. The molecule has 2 aliphatic heterocycles. The molecule has 2 aromatic carbocycles. The van der Waals surface area contributed by atoms with Gasteiger partial charge in [-0.25, -0.2) is 9.36 Å². The van der Waals surface area contributed by atoms with Crippen molar-refractivity contribution >= 4 is 16.7 Å². The van der Waals surface area contributed by atoms with E-state index in [2.05, 4.69) is 0 Å². The molecule has 6 heteroatoms. The van der Waals surface area contributed by atoms with Crippen LogP contribution in [0, 0.1) is 5.92 Å². The molecule has 1 N–H and O–H groups in total. The van der Waals surface area contributed by atoms with Gasteiger partial charge in [0.05, 0.1) is 17.8 Å². The number of hydrogen-bond acceptors (Lipinski definition) is 3. The standard InChI is InChI=1S/C21H19N3O3/c25-19(13-8-9-13)22-11-14-10-17(22)18-20(26)24(21(27)23(14)18)16-7-3-5-12-4-1-2-6-15(12)16/h1-7,13-14,17,26H,8-11H2/t14-,17?/m1/s1. The fourth-order valence-electron chi connectivity index (χ4n) is 4.87. The Kier molecular flexibility index (Phi) is 2.81. The van der Waals surface area contributed by atoms with E-state index in [1.807, 2.05) is 47.4 Å². The highest BCUT2D eigenvalue weighted by atomic mass is 16.3. The maximum absolute atomic E-state index is 13.2. The number of amides is 1. The molecule has 2 bridgehead atoms. The lowest BCUT2D eigenvalue weighted by molar-refractivity contribution is -0.134. The molecule has 2 atom stereocenters. The van der Waals surface area contributed by atoms with Crippen molar-refractivity contribution in [2.45, 2.75) is 31.3 Å². The summed E-state index contributed by atoms with van der Waals surface area (Å²) in [4.78, 5) is 27.7. The van der Waals surface area contributed by atoms with Gasteiger partial charge in [0.15, 0.2) is 0 Å². The molecule has 1 aliphatic carbocycles. The highest BCUT2D eigenvalue weighted by Crippen LogP contribution is 2.50. The predicted molar refractivity (Wildman–Crippen MR) is 100 cm³/mol. The van der Waals surface area contributed by atoms with Gasteiger partial charge in [-0.05, 0) is 30.7 Å². The zero-order valence-corrected chi connectivity index (χ0v) is 14.7. The summed E-state index contributed by atoms with van der Waals surface area (Å²) in [6.45, 7) is 0.575. The van der Waals surface area contributed by atoms with Gasteiger partial charge in [0.1, 0.15) is 5.69 Å². The van der Waals surface area contributed by atoms with E-state index in [4.69, 9.17) is 0 Å². The number of imidazole rings is 1. The molecule has 0 radical (unpaired) electrons. The lowest BCUT2D eigenvalue weighted by Crippen LogP contribution is -2.38. The minimum absolute atomic E-state index is 0.0304. The predicted octanol–water partition coefficient (Wildman–Crippen LogP) is 2.74. The third-order valence-corrected chi connectivity index (χ3v) is 6.27. The first-order chi connectivity index (χ1) is 13.1. The number of fused-ring (bicyclic) bond motifs is 6. The SMILES string of the molecule is O=C(C1CC1)N1C[C@H]2CC1c1c(O)n(-c3cccc4ccccc34)c(=O)n12. The number of likely N-dealkylation sites (tertiary alicyclic amines) is 1. The molecule has 6 rings (SSSR count). The molecule has 136 valence electrons. The van der Waals surface area contributed by atoms with Crippen molar-refractivity contribution in [2.75, 3.05) is 6.54 Å². The fourth-order valence-corrected chi connectivity index (χ4v) is 4.87. The molecule has 3 aliphatic rings. The van der Waals surface area contributed by atoms with E-state index in [-0.39, 0.29) is 35.5 Å². The van der Waals surface area contributed by atoms with Gasteiger partial charge in [-0.2, -0.15) is 0 Å². The van der Waals surface area contributed by atoms with E-state index >= 15 is 0 Å². The van der Waals surface area contributed by atoms with E-state index < -0.39 is 0 Å². The van der Waals surface area contributed by atoms with Crippen molar-refractivity contribution in [1.82, 2.24) is 14.0 Å². The number of aromatic hydroxyl groups is 1. The Balaban J connectivity index is 1.54. The molecule has 3 heterocycles. The number of benzene rings is 2. The van der Waals surface area contributed by atoms with Gasteiger partial charge < -0.3 is 10.0 Å². The number of aromatic nitrogens is 2. The van der Waals surface area contributed by atoms with Gasteiger partial charge in [-0.1, -0.05) is 36.4 Å². The van der Waals surface area contributed by atoms with E-state index in [1.54, 1.807) is 4.57 Å². The fraction of sp³-hybridized carbons (Fsp3) is 0.333. The lowest BCUT2D eigenvalue weighted by atomic mass is 10.1. The first kappa shape index (κ1) is 15.1. The Morgan fingerprint density at radius 2 is 1.85 bits per heavy atom. The Bertz CT molecular complexity index is 1170. The zero-order valence-electron chi connectivity index (χ0n) is 14.7. The molecule has 2 fully saturated rings. The number of nitrogens with zero attached hydrogens (tertiary/aromatic N) is 3. The lowest BCUT2D eigenvalue weighted by Gasteiger charge is -2.27. The largest absolute Gasteiger partial charge is 0.493 e. The van der Waals surface area contributed by atoms with Crippen LogP contribution in [0.4, 0.5) is 0 Å².